The van der Waals surface area contributed by atoms with Gasteiger partial charge in [0.05, 0.1) is 4.90 Å². The van der Waals surface area contributed by atoms with Crippen LogP contribution in [-0.2, 0) is 16.6 Å². The average molecular weight is 300 g/mol. The minimum absolute atomic E-state index is 0.189. The molecular formula is C14H21FN2O2S. The van der Waals surface area contributed by atoms with Gasteiger partial charge in [0.25, 0.3) is 0 Å². The van der Waals surface area contributed by atoms with E-state index in [9.17, 15) is 12.8 Å². The van der Waals surface area contributed by atoms with Gasteiger partial charge < -0.3 is 5.32 Å². The van der Waals surface area contributed by atoms with Gasteiger partial charge in [-0.3, -0.25) is 0 Å². The van der Waals surface area contributed by atoms with Gasteiger partial charge in [0.2, 0.25) is 10.0 Å². The van der Waals surface area contributed by atoms with Crippen LogP contribution in [0.3, 0.4) is 0 Å². The molecule has 0 bridgehead atoms. The third-order valence-corrected chi connectivity index (χ3v) is 5.36. The Morgan fingerprint density at radius 3 is 2.65 bits per heavy atom. The van der Waals surface area contributed by atoms with E-state index in [0.29, 0.717) is 25.2 Å². The predicted molar refractivity (Wildman–Crippen MR) is 76.4 cm³/mol. The molecular weight excluding hydrogens is 279 g/mol. The van der Waals surface area contributed by atoms with E-state index >= 15 is 0 Å². The Labute approximate surface area is 120 Å². The zero-order valence-electron chi connectivity index (χ0n) is 11.7. The van der Waals surface area contributed by atoms with Crippen molar-refractivity contribution in [3.8, 4) is 0 Å². The fourth-order valence-corrected chi connectivity index (χ4v) is 3.89. The lowest BCUT2D eigenvalue weighted by atomic mass is 10.2. The molecule has 1 heterocycles. The molecule has 1 aliphatic rings. The third-order valence-electron chi connectivity index (χ3n) is 3.46. The molecule has 0 radical (unpaired) electrons. The fraction of sp³-hybridized carbons (Fsp3) is 0.571. The average Bonchev–Trinajstić information content (AvgIpc) is 2.95. The van der Waals surface area contributed by atoms with Gasteiger partial charge in [-0.1, -0.05) is 6.92 Å². The van der Waals surface area contributed by atoms with Crippen LogP contribution < -0.4 is 5.32 Å². The molecule has 1 aromatic rings. The number of benzene rings is 1. The second kappa shape index (κ2) is 6.65. The first-order valence-corrected chi connectivity index (χ1v) is 8.49. The molecule has 0 amide bonds. The molecule has 1 aliphatic heterocycles. The molecule has 6 heteroatoms. The van der Waals surface area contributed by atoms with Gasteiger partial charge in [-0.2, -0.15) is 4.31 Å². The summed E-state index contributed by atoms with van der Waals surface area (Å²) in [6.07, 6.45) is 2.74. The van der Waals surface area contributed by atoms with Gasteiger partial charge in [0.1, 0.15) is 5.82 Å². The maximum Gasteiger partial charge on any atom is 0.243 e. The molecule has 4 nitrogen and oxygen atoms in total. The molecule has 112 valence electrons. The molecule has 1 aromatic carbocycles. The van der Waals surface area contributed by atoms with E-state index in [1.807, 2.05) is 6.92 Å². The molecule has 1 N–H and O–H groups in total. The highest BCUT2D eigenvalue weighted by atomic mass is 32.2. The van der Waals surface area contributed by atoms with Crippen molar-refractivity contribution in [3.05, 3.63) is 29.6 Å². The van der Waals surface area contributed by atoms with Crippen LogP contribution in [0.5, 0.6) is 0 Å². The molecule has 1 fully saturated rings. The first-order chi connectivity index (χ1) is 9.55. The van der Waals surface area contributed by atoms with Crippen molar-refractivity contribution < 1.29 is 12.8 Å². The van der Waals surface area contributed by atoms with E-state index in [-0.39, 0.29) is 10.7 Å². The summed E-state index contributed by atoms with van der Waals surface area (Å²) in [6.45, 7) is 4.27. The molecule has 0 unspecified atom stereocenters. The van der Waals surface area contributed by atoms with Crippen molar-refractivity contribution in [2.75, 3.05) is 19.6 Å². The van der Waals surface area contributed by atoms with Crippen LogP contribution in [0.15, 0.2) is 23.1 Å². The summed E-state index contributed by atoms with van der Waals surface area (Å²) in [7, 11) is -3.47. The maximum absolute atomic E-state index is 13.7. The number of hydrogen-bond donors (Lipinski definition) is 1. The fourth-order valence-electron chi connectivity index (χ4n) is 2.32. The van der Waals surface area contributed by atoms with E-state index in [4.69, 9.17) is 0 Å². The first kappa shape index (κ1) is 15.4. The topological polar surface area (TPSA) is 49.4 Å². The predicted octanol–water partition coefficient (Wildman–Crippen LogP) is 2.11. The van der Waals surface area contributed by atoms with E-state index in [1.165, 1.54) is 22.5 Å². The maximum atomic E-state index is 13.7. The third kappa shape index (κ3) is 3.37. The minimum atomic E-state index is -3.47. The Hall–Kier alpha value is -0.980. The van der Waals surface area contributed by atoms with Crippen molar-refractivity contribution in [2.24, 2.45) is 0 Å². The molecule has 0 aromatic heterocycles. The minimum Gasteiger partial charge on any atom is -0.313 e. The van der Waals surface area contributed by atoms with Gasteiger partial charge in [-0.15, -0.1) is 0 Å². The zero-order valence-corrected chi connectivity index (χ0v) is 12.5. The number of sulfonamides is 1. The lowest BCUT2D eigenvalue weighted by Gasteiger charge is -2.16. The Kier molecular flexibility index (Phi) is 5.12. The van der Waals surface area contributed by atoms with Crippen molar-refractivity contribution in [1.82, 2.24) is 9.62 Å². The lowest BCUT2D eigenvalue weighted by Crippen LogP contribution is -2.28. The number of hydrogen-bond acceptors (Lipinski definition) is 3. The molecule has 2 rings (SSSR count). The largest absolute Gasteiger partial charge is 0.313 e. The van der Waals surface area contributed by atoms with Gasteiger partial charge in [-0.05, 0) is 44.0 Å². The van der Waals surface area contributed by atoms with Crippen LogP contribution in [0, 0.1) is 5.82 Å². The standard InChI is InChI=1S/C14H21FN2O2S/c1-2-7-16-11-12-10-13(5-6-14(12)15)20(18,19)17-8-3-4-9-17/h5-6,10,16H,2-4,7-9,11H2,1H3. The van der Waals surface area contributed by atoms with Gasteiger partial charge in [-0.25, -0.2) is 12.8 Å². The highest BCUT2D eigenvalue weighted by Gasteiger charge is 2.27. The van der Waals surface area contributed by atoms with Crippen molar-refractivity contribution in [1.29, 1.82) is 0 Å². The van der Waals surface area contributed by atoms with Crippen LogP contribution in [0.1, 0.15) is 31.7 Å². The Balaban J connectivity index is 2.21. The van der Waals surface area contributed by atoms with Gasteiger partial charge in [0.15, 0.2) is 0 Å². The highest BCUT2D eigenvalue weighted by Crippen LogP contribution is 2.22. The van der Waals surface area contributed by atoms with E-state index in [0.717, 1.165) is 25.8 Å². The lowest BCUT2D eigenvalue weighted by molar-refractivity contribution is 0.477. The Morgan fingerprint density at radius 1 is 1.30 bits per heavy atom. The number of rotatable bonds is 6. The van der Waals surface area contributed by atoms with E-state index in [2.05, 4.69) is 5.32 Å². The summed E-state index contributed by atoms with van der Waals surface area (Å²) in [6, 6.07) is 4.05. The monoisotopic (exact) mass is 300 g/mol. The molecule has 20 heavy (non-hydrogen) atoms. The first-order valence-electron chi connectivity index (χ1n) is 7.05. The van der Waals surface area contributed by atoms with Crippen molar-refractivity contribution in [2.45, 2.75) is 37.6 Å². The van der Waals surface area contributed by atoms with Gasteiger partial charge >= 0.3 is 0 Å². The molecule has 0 atom stereocenters. The SMILES string of the molecule is CCCNCc1cc(S(=O)(=O)N2CCCC2)ccc1F. The smallest absolute Gasteiger partial charge is 0.243 e. The number of nitrogens with zero attached hydrogens (tertiary/aromatic N) is 1. The summed E-state index contributed by atoms with van der Waals surface area (Å²) < 4.78 is 40.0. The quantitative estimate of drug-likeness (QED) is 0.819. The van der Waals surface area contributed by atoms with Crippen LogP contribution in [-0.4, -0.2) is 32.4 Å². The molecule has 1 saturated heterocycles. The van der Waals surface area contributed by atoms with Crippen LogP contribution in [0.2, 0.25) is 0 Å². The number of nitrogens with one attached hydrogen (secondary N) is 1. The number of halogens is 1. The molecule has 0 spiro atoms. The summed E-state index contributed by atoms with van der Waals surface area (Å²) in [5.41, 5.74) is 0.402. The summed E-state index contributed by atoms with van der Waals surface area (Å²) >= 11 is 0. The summed E-state index contributed by atoms with van der Waals surface area (Å²) in [4.78, 5) is 0.189. The van der Waals surface area contributed by atoms with E-state index in [1.54, 1.807) is 0 Å². The van der Waals surface area contributed by atoms with Crippen LogP contribution in [0.25, 0.3) is 0 Å². The summed E-state index contributed by atoms with van der Waals surface area (Å²) in [5, 5.41) is 3.09. The Morgan fingerprint density at radius 2 is 2.00 bits per heavy atom. The zero-order chi connectivity index (χ0) is 14.6. The van der Waals surface area contributed by atoms with Crippen LogP contribution >= 0.6 is 0 Å². The highest BCUT2D eigenvalue weighted by molar-refractivity contribution is 7.89. The van der Waals surface area contributed by atoms with Gasteiger partial charge in [0, 0.05) is 25.2 Å². The summed E-state index contributed by atoms with van der Waals surface area (Å²) in [5.74, 6) is -0.367. The Bertz CT molecular complexity index is 554. The molecule has 0 aliphatic carbocycles. The van der Waals surface area contributed by atoms with Crippen molar-refractivity contribution >= 4 is 10.0 Å². The van der Waals surface area contributed by atoms with E-state index < -0.39 is 10.0 Å². The normalized spacial score (nSPS) is 16.7. The van der Waals surface area contributed by atoms with Crippen molar-refractivity contribution in [3.63, 3.8) is 0 Å². The van der Waals surface area contributed by atoms with Crippen LogP contribution in [0.4, 0.5) is 4.39 Å². The second-order valence-corrected chi connectivity index (χ2v) is 6.98. The molecule has 0 saturated carbocycles. The second-order valence-electron chi connectivity index (χ2n) is 5.04.